The molecule has 1 saturated carbocycles. The number of rotatable bonds is 2. The van der Waals surface area contributed by atoms with Crippen LogP contribution in [0.25, 0.3) is 0 Å². The Bertz CT molecular complexity index is 295. The second kappa shape index (κ2) is 4.44. The van der Waals surface area contributed by atoms with E-state index in [1.807, 2.05) is 13.8 Å². The highest BCUT2D eigenvalue weighted by molar-refractivity contribution is 6.02. The maximum Gasteiger partial charge on any atom is 0.327 e. The van der Waals surface area contributed by atoms with Crippen molar-refractivity contribution in [1.82, 2.24) is 9.80 Å². The Morgan fingerprint density at radius 2 is 1.75 bits per heavy atom. The Labute approximate surface area is 96.6 Å². The molecule has 4 heteroatoms. The van der Waals surface area contributed by atoms with Crippen LogP contribution in [-0.2, 0) is 4.79 Å². The van der Waals surface area contributed by atoms with Gasteiger partial charge < -0.3 is 4.90 Å². The minimum Gasteiger partial charge on any atom is -0.313 e. The summed E-state index contributed by atoms with van der Waals surface area (Å²) in [6.45, 7) is 4.18. The van der Waals surface area contributed by atoms with Crippen molar-refractivity contribution in [2.75, 3.05) is 6.54 Å². The fourth-order valence-corrected chi connectivity index (χ4v) is 2.64. The topological polar surface area (TPSA) is 40.6 Å². The van der Waals surface area contributed by atoms with E-state index in [0.29, 0.717) is 0 Å². The van der Waals surface area contributed by atoms with Crippen molar-refractivity contribution in [2.24, 2.45) is 0 Å². The number of hydrogen-bond acceptors (Lipinski definition) is 2. The Kier molecular flexibility index (Phi) is 3.17. The molecule has 4 nitrogen and oxygen atoms in total. The van der Waals surface area contributed by atoms with Gasteiger partial charge in [-0.2, -0.15) is 0 Å². The molecule has 90 valence electrons. The Morgan fingerprint density at radius 3 is 2.25 bits per heavy atom. The number of carbonyl (C=O) groups excluding carboxylic acids is 2. The van der Waals surface area contributed by atoms with Gasteiger partial charge in [0.25, 0.3) is 5.91 Å². The first-order valence-corrected chi connectivity index (χ1v) is 6.24. The molecule has 0 aromatic carbocycles. The van der Waals surface area contributed by atoms with Crippen LogP contribution >= 0.6 is 0 Å². The maximum atomic E-state index is 12.1. The third-order valence-corrected chi connectivity index (χ3v) is 3.59. The monoisotopic (exact) mass is 224 g/mol. The Morgan fingerprint density at radius 1 is 1.12 bits per heavy atom. The summed E-state index contributed by atoms with van der Waals surface area (Å²) < 4.78 is 0. The van der Waals surface area contributed by atoms with Crippen LogP contribution in [0, 0.1) is 0 Å². The van der Waals surface area contributed by atoms with Gasteiger partial charge in [0, 0.05) is 12.1 Å². The molecule has 0 radical (unpaired) electrons. The number of imide groups is 1. The van der Waals surface area contributed by atoms with Gasteiger partial charge in [0.05, 0.1) is 0 Å². The minimum atomic E-state index is -0.0769. The van der Waals surface area contributed by atoms with Crippen molar-refractivity contribution in [3.63, 3.8) is 0 Å². The van der Waals surface area contributed by atoms with Crippen LogP contribution in [-0.4, -0.2) is 40.4 Å². The molecule has 2 rings (SSSR count). The van der Waals surface area contributed by atoms with Gasteiger partial charge in [0.2, 0.25) is 0 Å². The fraction of sp³-hybridized carbons (Fsp3) is 0.833. The van der Waals surface area contributed by atoms with Crippen LogP contribution < -0.4 is 0 Å². The van der Waals surface area contributed by atoms with Gasteiger partial charge in [-0.15, -0.1) is 0 Å². The normalized spacial score (nSPS) is 23.7. The summed E-state index contributed by atoms with van der Waals surface area (Å²) in [6, 6.07) is 0.203. The second-order valence-electron chi connectivity index (χ2n) is 5.06. The van der Waals surface area contributed by atoms with Gasteiger partial charge >= 0.3 is 6.03 Å². The average Bonchev–Trinajstić information content (AvgIpc) is 2.56. The zero-order valence-electron chi connectivity index (χ0n) is 10.1. The molecule has 1 aliphatic heterocycles. The van der Waals surface area contributed by atoms with E-state index < -0.39 is 0 Å². The summed E-state index contributed by atoms with van der Waals surface area (Å²) in [5.41, 5.74) is 0. The van der Waals surface area contributed by atoms with E-state index >= 15 is 0 Å². The minimum absolute atomic E-state index is 0.00870. The van der Waals surface area contributed by atoms with Gasteiger partial charge in [0.15, 0.2) is 0 Å². The smallest absolute Gasteiger partial charge is 0.313 e. The first-order valence-electron chi connectivity index (χ1n) is 6.24. The van der Waals surface area contributed by atoms with E-state index in [4.69, 9.17) is 0 Å². The second-order valence-corrected chi connectivity index (χ2v) is 5.06. The highest BCUT2D eigenvalue weighted by Gasteiger charge is 2.41. The number of hydrogen-bond donors (Lipinski definition) is 0. The lowest BCUT2D eigenvalue weighted by atomic mass is 9.94. The lowest BCUT2D eigenvalue weighted by Gasteiger charge is -2.29. The quantitative estimate of drug-likeness (QED) is 0.673. The van der Waals surface area contributed by atoms with Gasteiger partial charge in [0.1, 0.15) is 6.54 Å². The van der Waals surface area contributed by atoms with Crippen molar-refractivity contribution < 1.29 is 9.59 Å². The van der Waals surface area contributed by atoms with Crippen LogP contribution in [0.3, 0.4) is 0 Å². The summed E-state index contributed by atoms with van der Waals surface area (Å²) in [7, 11) is 0. The predicted molar refractivity (Wildman–Crippen MR) is 61.0 cm³/mol. The summed E-state index contributed by atoms with van der Waals surface area (Å²) in [5.74, 6) is -0.00870. The predicted octanol–water partition coefficient (Wildman–Crippen LogP) is 1.99. The third-order valence-electron chi connectivity index (χ3n) is 3.59. The van der Waals surface area contributed by atoms with Crippen molar-refractivity contribution in [1.29, 1.82) is 0 Å². The largest absolute Gasteiger partial charge is 0.327 e. The SMILES string of the molecule is CC(C)N1CC(=O)N(C2CCCCC2)C1=O. The van der Waals surface area contributed by atoms with Gasteiger partial charge in [-0.3, -0.25) is 9.69 Å². The molecule has 0 unspecified atom stereocenters. The molecule has 16 heavy (non-hydrogen) atoms. The molecule has 0 bridgehead atoms. The van der Waals surface area contributed by atoms with E-state index in [-0.39, 0.29) is 30.6 Å². The molecule has 0 aromatic heterocycles. The number of nitrogens with zero attached hydrogens (tertiary/aromatic N) is 2. The number of amides is 3. The van der Waals surface area contributed by atoms with E-state index in [1.54, 1.807) is 4.90 Å². The van der Waals surface area contributed by atoms with E-state index in [0.717, 1.165) is 25.7 Å². The lowest BCUT2D eigenvalue weighted by molar-refractivity contribution is -0.127. The molecule has 0 spiro atoms. The van der Waals surface area contributed by atoms with E-state index in [1.165, 1.54) is 11.3 Å². The molecule has 2 fully saturated rings. The lowest BCUT2D eigenvalue weighted by Crippen LogP contribution is -2.43. The molecule has 1 saturated heterocycles. The molecule has 3 amide bonds. The van der Waals surface area contributed by atoms with Crippen LogP contribution in [0.5, 0.6) is 0 Å². The van der Waals surface area contributed by atoms with Gasteiger partial charge in [-0.25, -0.2) is 4.79 Å². The first kappa shape index (κ1) is 11.4. The molecule has 0 N–H and O–H groups in total. The average molecular weight is 224 g/mol. The maximum absolute atomic E-state index is 12.1. The molecule has 0 aromatic rings. The molecule has 1 heterocycles. The number of urea groups is 1. The summed E-state index contributed by atoms with van der Waals surface area (Å²) in [6.07, 6.45) is 5.50. The zero-order valence-corrected chi connectivity index (χ0v) is 10.1. The number of carbonyl (C=O) groups is 2. The van der Waals surface area contributed by atoms with E-state index in [9.17, 15) is 9.59 Å². The van der Waals surface area contributed by atoms with Crippen LogP contribution in [0.15, 0.2) is 0 Å². The molecule has 2 aliphatic rings. The third kappa shape index (κ3) is 1.93. The summed E-state index contributed by atoms with van der Waals surface area (Å²) in [4.78, 5) is 27.1. The molecular weight excluding hydrogens is 204 g/mol. The highest BCUT2D eigenvalue weighted by atomic mass is 16.2. The first-order chi connectivity index (χ1) is 7.61. The van der Waals surface area contributed by atoms with Crippen molar-refractivity contribution in [3.8, 4) is 0 Å². The fourth-order valence-electron chi connectivity index (χ4n) is 2.64. The molecule has 0 atom stereocenters. The van der Waals surface area contributed by atoms with Gasteiger partial charge in [-0.1, -0.05) is 19.3 Å². The summed E-state index contributed by atoms with van der Waals surface area (Å²) in [5, 5.41) is 0. The summed E-state index contributed by atoms with van der Waals surface area (Å²) >= 11 is 0. The van der Waals surface area contributed by atoms with Gasteiger partial charge in [-0.05, 0) is 26.7 Å². The standard InChI is InChI=1S/C12H20N2O2/c1-9(2)13-8-11(15)14(12(13)16)10-6-4-3-5-7-10/h9-10H,3-8H2,1-2H3. The molecule has 1 aliphatic carbocycles. The van der Waals surface area contributed by atoms with Crippen molar-refractivity contribution in [2.45, 2.75) is 58.0 Å². The van der Waals surface area contributed by atoms with Crippen LogP contribution in [0.4, 0.5) is 4.79 Å². The van der Waals surface area contributed by atoms with Crippen molar-refractivity contribution >= 4 is 11.9 Å². The van der Waals surface area contributed by atoms with Crippen LogP contribution in [0.2, 0.25) is 0 Å². The highest BCUT2D eigenvalue weighted by Crippen LogP contribution is 2.26. The Hall–Kier alpha value is -1.06. The van der Waals surface area contributed by atoms with Crippen LogP contribution in [0.1, 0.15) is 46.0 Å². The molecular formula is C12H20N2O2. The van der Waals surface area contributed by atoms with Crippen molar-refractivity contribution in [3.05, 3.63) is 0 Å². The Balaban J connectivity index is 2.09. The van der Waals surface area contributed by atoms with E-state index in [2.05, 4.69) is 0 Å². The zero-order chi connectivity index (χ0) is 11.7.